The van der Waals surface area contributed by atoms with Crippen molar-refractivity contribution in [3.05, 3.63) is 29.8 Å². The van der Waals surface area contributed by atoms with Crippen LogP contribution in [0.3, 0.4) is 0 Å². The van der Waals surface area contributed by atoms with Crippen molar-refractivity contribution in [2.24, 2.45) is 0 Å². The Balaban J connectivity index is 1.87. The van der Waals surface area contributed by atoms with Crippen LogP contribution < -0.4 is 10.1 Å². The minimum absolute atomic E-state index is 0.151. The molecule has 19 heavy (non-hydrogen) atoms. The van der Waals surface area contributed by atoms with Crippen LogP contribution in [0.25, 0.3) is 0 Å². The van der Waals surface area contributed by atoms with Crippen LogP contribution in [0.15, 0.2) is 24.3 Å². The summed E-state index contributed by atoms with van der Waals surface area (Å²) in [5, 5.41) is 21.4. The molecule has 1 unspecified atom stereocenters. The number of hydrogen-bond donors (Lipinski definition) is 2. The third-order valence-electron chi connectivity index (χ3n) is 3.20. The summed E-state index contributed by atoms with van der Waals surface area (Å²) >= 11 is 0. The molecule has 1 aliphatic rings. The van der Waals surface area contributed by atoms with Crippen LogP contribution in [0.1, 0.15) is 25.3 Å². The first-order chi connectivity index (χ1) is 9.15. The third-order valence-corrected chi connectivity index (χ3v) is 3.20. The summed E-state index contributed by atoms with van der Waals surface area (Å²) in [6.07, 6.45) is 2.94. The molecular weight excluding hydrogens is 240 g/mol. The number of nitrogens with zero attached hydrogens (tertiary/aromatic N) is 1. The second kappa shape index (κ2) is 6.05. The lowest BCUT2D eigenvalue weighted by atomic mass is 10.1. The summed E-state index contributed by atoms with van der Waals surface area (Å²) in [4.78, 5) is 0. The van der Waals surface area contributed by atoms with Crippen molar-refractivity contribution in [3.8, 4) is 11.8 Å². The van der Waals surface area contributed by atoms with Crippen molar-refractivity contribution in [2.75, 3.05) is 13.2 Å². The lowest BCUT2D eigenvalue weighted by Gasteiger charge is -2.23. The van der Waals surface area contributed by atoms with E-state index in [0.29, 0.717) is 19.1 Å². The van der Waals surface area contributed by atoms with Gasteiger partial charge in [-0.05, 0) is 43.9 Å². The third kappa shape index (κ3) is 4.23. The topological polar surface area (TPSA) is 65.3 Å². The van der Waals surface area contributed by atoms with Crippen molar-refractivity contribution < 1.29 is 9.84 Å². The molecule has 1 fully saturated rings. The second-order valence-electron chi connectivity index (χ2n) is 5.27. The Hall–Kier alpha value is -1.57. The van der Waals surface area contributed by atoms with Crippen LogP contribution in [0.4, 0.5) is 0 Å². The average Bonchev–Trinajstić information content (AvgIpc) is 3.22. The highest BCUT2D eigenvalue weighted by Gasteiger charge is 2.33. The molecule has 0 radical (unpaired) electrons. The lowest BCUT2D eigenvalue weighted by Crippen LogP contribution is -2.47. The fourth-order valence-corrected chi connectivity index (χ4v) is 1.89. The Morgan fingerprint density at radius 1 is 1.42 bits per heavy atom. The summed E-state index contributed by atoms with van der Waals surface area (Å²) < 4.78 is 5.68. The molecule has 4 nitrogen and oxygen atoms in total. The van der Waals surface area contributed by atoms with E-state index in [1.165, 1.54) is 0 Å². The van der Waals surface area contributed by atoms with E-state index < -0.39 is 5.54 Å². The smallest absolute Gasteiger partial charge is 0.138 e. The van der Waals surface area contributed by atoms with Gasteiger partial charge in [0.15, 0.2) is 0 Å². The Kier molecular flexibility index (Phi) is 4.41. The number of aliphatic hydroxyl groups is 1. The second-order valence-corrected chi connectivity index (χ2v) is 5.27. The number of aliphatic hydroxyl groups excluding tert-OH is 1. The first-order valence-corrected chi connectivity index (χ1v) is 6.67. The number of ether oxygens (including phenoxy) is 1. The number of hydrogen-bond acceptors (Lipinski definition) is 4. The molecule has 1 saturated carbocycles. The molecule has 0 saturated heterocycles. The molecule has 102 valence electrons. The molecule has 1 aromatic carbocycles. The van der Waals surface area contributed by atoms with Gasteiger partial charge in [0.1, 0.15) is 17.9 Å². The van der Waals surface area contributed by atoms with Gasteiger partial charge in [-0.25, -0.2) is 0 Å². The van der Waals surface area contributed by atoms with Gasteiger partial charge in [-0.1, -0.05) is 12.1 Å². The molecule has 4 heteroatoms. The molecule has 1 atom stereocenters. The van der Waals surface area contributed by atoms with Gasteiger partial charge >= 0.3 is 0 Å². The van der Waals surface area contributed by atoms with Gasteiger partial charge in [-0.2, -0.15) is 5.26 Å². The molecule has 1 aliphatic carbocycles. The van der Waals surface area contributed by atoms with Crippen LogP contribution in [-0.4, -0.2) is 29.9 Å². The fourth-order valence-electron chi connectivity index (χ4n) is 1.89. The predicted molar refractivity (Wildman–Crippen MR) is 72.9 cm³/mol. The van der Waals surface area contributed by atoms with E-state index in [1.807, 2.05) is 31.2 Å². The number of nitrogens with one attached hydrogen (secondary N) is 1. The Labute approximate surface area is 114 Å². The van der Waals surface area contributed by atoms with Crippen LogP contribution in [0.2, 0.25) is 0 Å². The van der Waals surface area contributed by atoms with Crippen molar-refractivity contribution >= 4 is 0 Å². The van der Waals surface area contributed by atoms with Crippen molar-refractivity contribution in [3.63, 3.8) is 0 Å². The van der Waals surface area contributed by atoms with Crippen LogP contribution in [-0.2, 0) is 6.42 Å². The molecule has 2 rings (SSSR count). The van der Waals surface area contributed by atoms with E-state index in [-0.39, 0.29) is 6.61 Å². The van der Waals surface area contributed by atoms with Gasteiger partial charge in [-0.15, -0.1) is 0 Å². The number of nitriles is 1. The zero-order valence-electron chi connectivity index (χ0n) is 11.2. The summed E-state index contributed by atoms with van der Waals surface area (Å²) in [6.45, 7) is 2.35. The van der Waals surface area contributed by atoms with Gasteiger partial charge in [-0.3, -0.25) is 5.32 Å². The molecule has 0 aliphatic heterocycles. The minimum Gasteiger partial charge on any atom is -0.491 e. The van der Waals surface area contributed by atoms with Gasteiger partial charge in [0.05, 0.1) is 6.07 Å². The maximum Gasteiger partial charge on any atom is 0.138 e. The predicted octanol–water partition coefficient (Wildman–Crippen LogP) is 1.63. The maximum atomic E-state index is 9.23. The van der Waals surface area contributed by atoms with E-state index in [1.54, 1.807) is 0 Å². The first-order valence-electron chi connectivity index (χ1n) is 6.67. The molecule has 0 aromatic heterocycles. The highest BCUT2D eigenvalue weighted by atomic mass is 16.5. The lowest BCUT2D eigenvalue weighted by molar-refractivity contribution is 0.232. The molecule has 0 bridgehead atoms. The molecule has 0 spiro atoms. The molecule has 1 aromatic rings. The fraction of sp³-hybridized carbons (Fsp3) is 0.533. The van der Waals surface area contributed by atoms with Crippen molar-refractivity contribution in [2.45, 2.75) is 37.8 Å². The number of benzene rings is 1. The first kappa shape index (κ1) is 13.9. The van der Waals surface area contributed by atoms with Gasteiger partial charge in [0.2, 0.25) is 0 Å². The monoisotopic (exact) mass is 260 g/mol. The summed E-state index contributed by atoms with van der Waals surface area (Å²) in [6, 6.07) is 10.4. The van der Waals surface area contributed by atoms with Crippen molar-refractivity contribution in [1.82, 2.24) is 5.32 Å². The van der Waals surface area contributed by atoms with Crippen LogP contribution in [0.5, 0.6) is 5.75 Å². The minimum atomic E-state index is -0.634. The molecule has 0 heterocycles. The van der Waals surface area contributed by atoms with Crippen molar-refractivity contribution in [1.29, 1.82) is 5.26 Å². The van der Waals surface area contributed by atoms with Gasteiger partial charge in [0.25, 0.3) is 0 Å². The SMILES string of the molecule is CC(C#N)(COc1ccc(CCO)cc1)NC1CC1. The van der Waals surface area contributed by atoms with Crippen LogP contribution in [0, 0.1) is 11.3 Å². The maximum absolute atomic E-state index is 9.23. The van der Waals surface area contributed by atoms with E-state index in [9.17, 15) is 5.26 Å². The van der Waals surface area contributed by atoms with Gasteiger partial charge < -0.3 is 9.84 Å². The molecule has 2 N–H and O–H groups in total. The summed E-state index contributed by atoms with van der Waals surface area (Å²) in [5.74, 6) is 0.751. The summed E-state index contributed by atoms with van der Waals surface area (Å²) in [5.41, 5.74) is 0.444. The standard InChI is InChI=1S/C15H20N2O2/c1-15(10-16,17-13-4-5-13)11-19-14-6-2-12(3-7-14)8-9-18/h2-3,6-7,13,17-18H,4-5,8-9,11H2,1H3. The van der Waals surface area contributed by atoms with Crippen LogP contribution >= 0.6 is 0 Å². The zero-order valence-corrected chi connectivity index (χ0v) is 11.2. The Morgan fingerprint density at radius 3 is 2.63 bits per heavy atom. The average molecular weight is 260 g/mol. The summed E-state index contributed by atoms with van der Waals surface area (Å²) in [7, 11) is 0. The molecular formula is C15H20N2O2. The normalized spacial score (nSPS) is 17.5. The van der Waals surface area contributed by atoms with E-state index in [4.69, 9.17) is 9.84 Å². The Bertz CT molecular complexity index is 448. The quantitative estimate of drug-likeness (QED) is 0.782. The van der Waals surface area contributed by atoms with Gasteiger partial charge in [0, 0.05) is 12.6 Å². The van der Waals surface area contributed by atoms with E-state index in [2.05, 4.69) is 11.4 Å². The highest BCUT2D eigenvalue weighted by Crippen LogP contribution is 2.23. The van der Waals surface area contributed by atoms with E-state index in [0.717, 1.165) is 24.2 Å². The largest absolute Gasteiger partial charge is 0.491 e. The molecule has 0 amide bonds. The number of rotatable bonds is 7. The zero-order chi connectivity index (χ0) is 13.7. The Morgan fingerprint density at radius 2 is 2.11 bits per heavy atom. The van der Waals surface area contributed by atoms with E-state index >= 15 is 0 Å². The highest BCUT2D eigenvalue weighted by molar-refractivity contribution is 5.27.